The molecule has 102 valence electrons. The smallest absolute Gasteiger partial charge is 0.152 e. The van der Waals surface area contributed by atoms with E-state index in [1.807, 2.05) is 13.8 Å². The monoisotopic (exact) mass is 257 g/mol. The van der Waals surface area contributed by atoms with Crippen molar-refractivity contribution >= 4 is 5.69 Å². The lowest BCUT2D eigenvalue weighted by Gasteiger charge is -2.30. The fourth-order valence-corrected chi connectivity index (χ4v) is 1.87. The summed E-state index contributed by atoms with van der Waals surface area (Å²) in [4.78, 5) is 0. The van der Waals surface area contributed by atoms with Crippen LogP contribution in [-0.2, 0) is 0 Å². The van der Waals surface area contributed by atoms with Gasteiger partial charge in [-0.05, 0) is 31.4 Å². The number of aliphatic hydroxyl groups excluding tert-OH is 1. The van der Waals surface area contributed by atoms with E-state index in [1.165, 1.54) is 12.1 Å². The molecule has 0 aliphatic heterocycles. The lowest BCUT2D eigenvalue weighted by Crippen LogP contribution is -2.32. The molecule has 0 unspecified atom stereocenters. The number of aliphatic hydroxyl groups is 1. The topological polar surface area (TPSA) is 32.3 Å². The number of aryl methyl sites for hydroxylation is 1. The molecule has 0 aliphatic rings. The van der Waals surface area contributed by atoms with Crippen molar-refractivity contribution in [3.8, 4) is 0 Å². The van der Waals surface area contributed by atoms with Gasteiger partial charge in [-0.1, -0.05) is 19.9 Å². The lowest BCUT2D eigenvalue weighted by molar-refractivity contribution is 0.127. The maximum atomic E-state index is 13.8. The first-order valence-electron chi connectivity index (χ1n) is 6.29. The summed E-state index contributed by atoms with van der Waals surface area (Å²) in [5.41, 5.74) is -0.0287. The zero-order valence-electron chi connectivity index (χ0n) is 11.2. The second kappa shape index (κ2) is 6.14. The molecule has 0 spiro atoms. The van der Waals surface area contributed by atoms with Gasteiger partial charge in [0, 0.05) is 12.0 Å². The number of anilines is 1. The Bertz CT molecular complexity index is 395. The molecule has 0 aromatic heterocycles. The second-order valence-electron chi connectivity index (χ2n) is 4.77. The van der Waals surface area contributed by atoms with E-state index in [9.17, 15) is 13.9 Å². The molecular weight excluding hydrogens is 236 g/mol. The zero-order valence-corrected chi connectivity index (χ0v) is 11.2. The van der Waals surface area contributed by atoms with Gasteiger partial charge in [0.25, 0.3) is 0 Å². The van der Waals surface area contributed by atoms with Crippen molar-refractivity contribution in [1.29, 1.82) is 0 Å². The van der Waals surface area contributed by atoms with E-state index in [0.717, 1.165) is 12.8 Å². The highest BCUT2D eigenvalue weighted by Gasteiger charge is 2.26. The molecule has 4 heteroatoms. The highest BCUT2D eigenvalue weighted by molar-refractivity contribution is 5.49. The molecule has 1 aromatic carbocycles. The van der Waals surface area contributed by atoms with E-state index in [2.05, 4.69) is 5.32 Å². The van der Waals surface area contributed by atoms with E-state index in [4.69, 9.17) is 0 Å². The van der Waals surface area contributed by atoms with Crippen LogP contribution in [0.1, 0.15) is 32.3 Å². The first-order valence-corrected chi connectivity index (χ1v) is 6.29. The van der Waals surface area contributed by atoms with Crippen LogP contribution in [-0.4, -0.2) is 18.3 Å². The molecule has 0 saturated carbocycles. The van der Waals surface area contributed by atoms with Gasteiger partial charge in [-0.2, -0.15) is 0 Å². The summed E-state index contributed by atoms with van der Waals surface area (Å²) in [5.74, 6) is -1.16. The number of hydrogen-bond donors (Lipinski definition) is 2. The fraction of sp³-hybridized carbons (Fsp3) is 0.571. The maximum absolute atomic E-state index is 13.8. The molecule has 1 aromatic rings. The Morgan fingerprint density at radius 1 is 1.22 bits per heavy atom. The minimum absolute atomic E-state index is 0.00204. The van der Waals surface area contributed by atoms with Crippen molar-refractivity contribution in [3.63, 3.8) is 0 Å². The molecular formula is C14H21F2NO. The van der Waals surface area contributed by atoms with Crippen LogP contribution in [0.25, 0.3) is 0 Å². The average Bonchev–Trinajstić information content (AvgIpc) is 2.39. The van der Waals surface area contributed by atoms with Crippen LogP contribution in [0.2, 0.25) is 0 Å². The van der Waals surface area contributed by atoms with Gasteiger partial charge in [-0.25, -0.2) is 8.78 Å². The Kier molecular flexibility index (Phi) is 5.08. The van der Waals surface area contributed by atoms with Crippen LogP contribution < -0.4 is 5.32 Å². The van der Waals surface area contributed by atoms with Gasteiger partial charge < -0.3 is 10.4 Å². The van der Waals surface area contributed by atoms with Crippen molar-refractivity contribution in [2.75, 3.05) is 18.5 Å². The van der Waals surface area contributed by atoms with E-state index < -0.39 is 11.6 Å². The van der Waals surface area contributed by atoms with Gasteiger partial charge >= 0.3 is 0 Å². The molecule has 1 rings (SSSR count). The molecule has 0 bridgehead atoms. The SMILES string of the molecule is CCC(CC)(CO)CNc1c(F)ccc(C)c1F. The number of halogens is 2. The summed E-state index contributed by atoms with van der Waals surface area (Å²) >= 11 is 0. The highest BCUT2D eigenvalue weighted by Crippen LogP contribution is 2.28. The molecule has 0 aliphatic carbocycles. The maximum Gasteiger partial charge on any atom is 0.152 e. The largest absolute Gasteiger partial charge is 0.396 e. The van der Waals surface area contributed by atoms with Crippen LogP contribution in [0.5, 0.6) is 0 Å². The first-order chi connectivity index (χ1) is 8.49. The molecule has 2 N–H and O–H groups in total. The van der Waals surface area contributed by atoms with E-state index in [0.29, 0.717) is 12.1 Å². The predicted octanol–water partition coefficient (Wildman–Crippen LogP) is 3.48. The Hall–Kier alpha value is -1.16. The van der Waals surface area contributed by atoms with Gasteiger partial charge in [0.1, 0.15) is 11.5 Å². The van der Waals surface area contributed by atoms with Crippen molar-refractivity contribution in [3.05, 3.63) is 29.3 Å². The van der Waals surface area contributed by atoms with Gasteiger partial charge in [0.15, 0.2) is 5.82 Å². The standard InChI is InChI=1S/C14H21F2NO/c1-4-14(5-2,9-18)8-17-13-11(15)7-6-10(3)12(13)16/h6-7,17-18H,4-5,8-9H2,1-3H3. The highest BCUT2D eigenvalue weighted by atomic mass is 19.1. The molecule has 2 nitrogen and oxygen atoms in total. The van der Waals surface area contributed by atoms with Crippen LogP contribution in [0.4, 0.5) is 14.5 Å². The molecule has 18 heavy (non-hydrogen) atoms. The summed E-state index contributed by atoms with van der Waals surface area (Å²) in [6.07, 6.45) is 1.50. The summed E-state index contributed by atoms with van der Waals surface area (Å²) in [5, 5.41) is 12.2. The predicted molar refractivity (Wildman–Crippen MR) is 69.7 cm³/mol. The van der Waals surface area contributed by atoms with Crippen LogP contribution in [0.15, 0.2) is 12.1 Å². The van der Waals surface area contributed by atoms with Gasteiger partial charge in [0.05, 0.1) is 6.61 Å². The molecule has 0 radical (unpaired) electrons. The first kappa shape index (κ1) is 14.9. The Morgan fingerprint density at radius 3 is 2.33 bits per heavy atom. The van der Waals surface area contributed by atoms with Crippen LogP contribution in [0, 0.1) is 24.0 Å². The van der Waals surface area contributed by atoms with Crippen LogP contribution >= 0.6 is 0 Å². The third kappa shape index (κ3) is 2.99. The summed E-state index contributed by atoms with van der Waals surface area (Å²) < 4.78 is 27.3. The number of benzene rings is 1. The summed E-state index contributed by atoms with van der Waals surface area (Å²) in [7, 11) is 0. The fourth-order valence-electron chi connectivity index (χ4n) is 1.87. The zero-order chi connectivity index (χ0) is 13.8. The summed E-state index contributed by atoms with van der Waals surface area (Å²) in [6, 6.07) is 2.66. The number of rotatable bonds is 6. The lowest BCUT2D eigenvalue weighted by atomic mass is 9.83. The number of hydrogen-bond acceptors (Lipinski definition) is 2. The molecule has 0 heterocycles. The quantitative estimate of drug-likeness (QED) is 0.817. The second-order valence-corrected chi connectivity index (χ2v) is 4.77. The van der Waals surface area contributed by atoms with E-state index in [1.54, 1.807) is 6.92 Å². The number of nitrogens with one attached hydrogen (secondary N) is 1. The van der Waals surface area contributed by atoms with Crippen LogP contribution in [0.3, 0.4) is 0 Å². The van der Waals surface area contributed by atoms with Crippen molar-refractivity contribution in [2.45, 2.75) is 33.6 Å². The third-order valence-electron chi connectivity index (χ3n) is 3.76. The third-order valence-corrected chi connectivity index (χ3v) is 3.76. The minimum Gasteiger partial charge on any atom is -0.396 e. The van der Waals surface area contributed by atoms with Gasteiger partial charge in [-0.15, -0.1) is 0 Å². The van der Waals surface area contributed by atoms with E-state index >= 15 is 0 Å². The van der Waals surface area contributed by atoms with Crippen molar-refractivity contribution in [1.82, 2.24) is 0 Å². The minimum atomic E-state index is -0.600. The average molecular weight is 257 g/mol. The Morgan fingerprint density at radius 2 is 1.83 bits per heavy atom. The molecule has 0 amide bonds. The molecule has 0 saturated heterocycles. The van der Waals surface area contributed by atoms with Gasteiger partial charge in [0.2, 0.25) is 0 Å². The Balaban J connectivity index is 2.89. The molecule has 0 fully saturated rings. The Labute approximate surface area is 107 Å². The summed E-state index contributed by atoms with van der Waals surface area (Å²) in [6.45, 7) is 5.88. The van der Waals surface area contributed by atoms with Gasteiger partial charge in [-0.3, -0.25) is 0 Å². The van der Waals surface area contributed by atoms with Crippen molar-refractivity contribution in [2.24, 2.45) is 5.41 Å². The van der Waals surface area contributed by atoms with E-state index in [-0.39, 0.29) is 17.7 Å². The van der Waals surface area contributed by atoms with Crippen molar-refractivity contribution < 1.29 is 13.9 Å². The normalized spacial score (nSPS) is 11.7. The molecule has 0 atom stereocenters.